The number of ether oxygens (including phenoxy) is 1. The summed E-state index contributed by atoms with van der Waals surface area (Å²) in [5, 5.41) is 0. The Morgan fingerprint density at radius 3 is 3.10 bits per heavy atom. The Hall–Kier alpha value is -1.27. The first kappa shape index (κ1) is 13.7. The maximum atomic E-state index is 12.1. The summed E-state index contributed by atoms with van der Waals surface area (Å²) in [4.78, 5) is 10.9. The quantitative estimate of drug-likeness (QED) is 0.903. The van der Waals surface area contributed by atoms with E-state index in [-0.39, 0.29) is 12.6 Å². The molecule has 0 bridgehead atoms. The van der Waals surface area contributed by atoms with Crippen LogP contribution in [0.15, 0.2) is 6.20 Å². The maximum absolute atomic E-state index is 12.1. The Labute approximate surface area is 118 Å². The topological polar surface area (TPSA) is 64.3 Å². The van der Waals surface area contributed by atoms with E-state index in [0.29, 0.717) is 12.1 Å². The molecule has 1 aromatic rings. The summed E-state index contributed by atoms with van der Waals surface area (Å²) >= 11 is 0. The fourth-order valence-electron chi connectivity index (χ4n) is 3.15. The summed E-state index contributed by atoms with van der Waals surface area (Å²) in [6, 6.07) is 1.15. The van der Waals surface area contributed by atoms with E-state index in [1.54, 1.807) is 6.20 Å². The minimum Gasteiger partial charge on any atom is -0.461 e. The van der Waals surface area contributed by atoms with Crippen molar-refractivity contribution in [1.29, 1.82) is 0 Å². The zero-order chi connectivity index (χ0) is 13.9. The van der Waals surface area contributed by atoms with Gasteiger partial charge in [-0.3, -0.25) is 4.90 Å². The van der Waals surface area contributed by atoms with Crippen molar-refractivity contribution in [3.63, 3.8) is 0 Å². The van der Waals surface area contributed by atoms with Gasteiger partial charge in [0.25, 0.3) is 0 Å². The standard InChI is InChI=1S/C14H21FN4O/c15-4-5-20-14-17-7-10-8-19(9-13(10)18-14)12-3-1-2-11(16)6-12/h7,11-12H,1-6,8-9,16H2. The molecule has 1 aromatic heterocycles. The zero-order valence-corrected chi connectivity index (χ0v) is 11.6. The van der Waals surface area contributed by atoms with Crippen LogP contribution >= 0.6 is 0 Å². The number of alkyl halides is 1. The first-order valence-electron chi connectivity index (χ1n) is 7.29. The van der Waals surface area contributed by atoms with Crippen molar-refractivity contribution in [3.05, 3.63) is 17.5 Å². The van der Waals surface area contributed by atoms with E-state index in [1.807, 2.05) is 0 Å². The van der Waals surface area contributed by atoms with Gasteiger partial charge in [-0.25, -0.2) is 9.37 Å². The van der Waals surface area contributed by atoms with Crippen LogP contribution in [0, 0.1) is 0 Å². The molecule has 1 saturated carbocycles. The van der Waals surface area contributed by atoms with Crippen molar-refractivity contribution in [2.75, 3.05) is 13.3 Å². The smallest absolute Gasteiger partial charge is 0.316 e. The molecule has 6 heteroatoms. The Bertz CT molecular complexity index is 470. The fourth-order valence-corrected chi connectivity index (χ4v) is 3.15. The van der Waals surface area contributed by atoms with Crippen LogP contribution in [0.1, 0.15) is 36.9 Å². The third-order valence-electron chi connectivity index (χ3n) is 4.17. The van der Waals surface area contributed by atoms with E-state index in [1.165, 1.54) is 12.8 Å². The largest absolute Gasteiger partial charge is 0.461 e. The van der Waals surface area contributed by atoms with Crippen LogP contribution in [-0.2, 0) is 13.1 Å². The number of fused-ring (bicyclic) bond motifs is 1. The third kappa shape index (κ3) is 2.91. The van der Waals surface area contributed by atoms with Crippen LogP contribution in [0.5, 0.6) is 6.01 Å². The number of hydrogen-bond donors (Lipinski definition) is 1. The predicted octanol–water partition coefficient (Wildman–Crippen LogP) is 1.41. The summed E-state index contributed by atoms with van der Waals surface area (Å²) in [6.45, 7) is 1.20. The lowest BCUT2D eigenvalue weighted by atomic mass is 9.91. The van der Waals surface area contributed by atoms with Gasteiger partial charge in [-0.2, -0.15) is 4.98 Å². The van der Waals surface area contributed by atoms with Gasteiger partial charge in [0, 0.05) is 36.9 Å². The minimum atomic E-state index is -0.521. The summed E-state index contributed by atoms with van der Waals surface area (Å²) in [5.41, 5.74) is 8.22. The Morgan fingerprint density at radius 1 is 1.40 bits per heavy atom. The molecule has 1 aliphatic heterocycles. The summed E-state index contributed by atoms with van der Waals surface area (Å²) in [7, 11) is 0. The average molecular weight is 280 g/mol. The number of nitrogens with two attached hydrogens (primary N) is 1. The fraction of sp³-hybridized carbons (Fsp3) is 0.714. The lowest BCUT2D eigenvalue weighted by Gasteiger charge is -2.33. The molecule has 1 aliphatic carbocycles. The molecule has 1 fully saturated rings. The van der Waals surface area contributed by atoms with Gasteiger partial charge in [0.1, 0.15) is 13.3 Å². The molecule has 110 valence electrons. The second-order valence-corrected chi connectivity index (χ2v) is 5.65. The van der Waals surface area contributed by atoms with Crippen molar-refractivity contribution in [3.8, 4) is 6.01 Å². The van der Waals surface area contributed by atoms with Gasteiger partial charge < -0.3 is 10.5 Å². The number of hydrogen-bond acceptors (Lipinski definition) is 5. The van der Waals surface area contributed by atoms with E-state index in [2.05, 4.69) is 14.9 Å². The lowest BCUT2D eigenvalue weighted by Crippen LogP contribution is -2.40. The van der Waals surface area contributed by atoms with Crippen LogP contribution < -0.4 is 10.5 Å². The second kappa shape index (κ2) is 6.01. The SMILES string of the molecule is NC1CCCC(N2Cc3cnc(OCCF)nc3C2)C1. The van der Waals surface area contributed by atoms with Crippen LogP contribution in [0.25, 0.3) is 0 Å². The molecule has 3 rings (SSSR count). The molecular weight excluding hydrogens is 259 g/mol. The highest BCUT2D eigenvalue weighted by Crippen LogP contribution is 2.30. The van der Waals surface area contributed by atoms with Crippen molar-refractivity contribution < 1.29 is 9.13 Å². The highest BCUT2D eigenvalue weighted by Gasteiger charge is 2.30. The molecule has 5 nitrogen and oxygen atoms in total. The van der Waals surface area contributed by atoms with Gasteiger partial charge >= 0.3 is 6.01 Å². The average Bonchev–Trinajstić information content (AvgIpc) is 2.88. The van der Waals surface area contributed by atoms with Gasteiger partial charge in [0.15, 0.2) is 0 Å². The molecule has 2 unspecified atom stereocenters. The molecule has 2 aliphatic rings. The summed E-state index contributed by atoms with van der Waals surface area (Å²) < 4.78 is 17.2. The van der Waals surface area contributed by atoms with Crippen molar-refractivity contribution in [1.82, 2.24) is 14.9 Å². The number of halogens is 1. The van der Waals surface area contributed by atoms with E-state index in [9.17, 15) is 4.39 Å². The van der Waals surface area contributed by atoms with Gasteiger partial charge in [-0.15, -0.1) is 0 Å². The van der Waals surface area contributed by atoms with Gasteiger partial charge in [-0.05, 0) is 19.3 Å². The van der Waals surface area contributed by atoms with Crippen molar-refractivity contribution in [2.24, 2.45) is 5.73 Å². The van der Waals surface area contributed by atoms with Gasteiger partial charge in [0.05, 0.1) is 5.69 Å². The zero-order valence-electron chi connectivity index (χ0n) is 11.6. The summed E-state index contributed by atoms with van der Waals surface area (Å²) in [6.07, 6.45) is 6.42. The third-order valence-corrected chi connectivity index (χ3v) is 4.17. The van der Waals surface area contributed by atoms with Gasteiger partial charge in [-0.1, -0.05) is 6.42 Å². The van der Waals surface area contributed by atoms with E-state index >= 15 is 0 Å². The molecule has 0 amide bonds. The molecule has 2 atom stereocenters. The number of aromatic nitrogens is 2. The molecule has 0 spiro atoms. The second-order valence-electron chi connectivity index (χ2n) is 5.65. The highest BCUT2D eigenvalue weighted by atomic mass is 19.1. The van der Waals surface area contributed by atoms with E-state index in [4.69, 9.17) is 10.5 Å². The molecule has 0 aromatic carbocycles. The summed E-state index contributed by atoms with van der Waals surface area (Å²) in [5.74, 6) is 0. The van der Waals surface area contributed by atoms with Gasteiger partial charge in [0.2, 0.25) is 0 Å². The number of nitrogens with zero attached hydrogens (tertiary/aromatic N) is 3. The molecule has 20 heavy (non-hydrogen) atoms. The Balaban J connectivity index is 1.65. The maximum Gasteiger partial charge on any atom is 0.316 e. The minimum absolute atomic E-state index is 0.0139. The van der Waals surface area contributed by atoms with Crippen molar-refractivity contribution >= 4 is 0 Å². The molecule has 2 N–H and O–H groups in total. The molecule has 0 saturated heterocycles. The molecule has 2 heterocycles. The highest BCUT2D eigenvalue weighted by molar-refractivity contribution is 5.23. The Kier molecular flexibility index (Phi) is 4.12. The van der Waals surface area contributed by atoms with Crippen LogP contribution in [0.3, 0.4) is 0 Å². The predicted molar refractivity (Wildman–Crippen MR) is 73.0 cm³/mol. The van der Waals surface area contributed by atoms with Crippen LogP contribution in [-0.4, -0.2) is 40.2 Å². The first-order chi connectivity index (χ1) is 9.76. The molecular formula is C14H21FN4O. The number of rotatable bonds is 4. The van der Waals surface area contributed by atoms with Crippen molar-refractivity contribution in [2.45, 2.75) is 50.9 Å². The molecule has 0 radical (unpaired) electrons. The van der Waals surface area contributed by atoms with Crippen LogP contribution in [0.4, 0.5) is 4.39 Å². The monoisotopic (exact) mass is 280 g/mol. The normalized spacial score (nSPS) is 26.5. The van der Waals surface area contributed by atoms with Crippen LogP contribution in [0.2, 0.25) is 0 Å². The first-order valence-corrected chi connectivity index (χ1v) is 7.29. The van der Waals surface area contributed by atoms with E-state index in [0.717, 1.165) is 37.2 Å². The Morgan fingerprint density at radius 2 is 2.30 bits per heavy atom. The van der Waals surface area contributed by atoms with E-state index < -0.39 is 6.67 Å². The lowest BCUT2D eigenvalue weighted by molar-refractivity contribution is 0.146.